The summed E-state index contributed by atoms with van der Waals surface area (Å²) >= 11 is 1.58. The summed E-state index contributed by atoms with van der Waals surface area (Å²) in [4.78, 5) is 5.35. The first-order valence-corrected chi connectivity index (χ1v) is 4.54. The molecule has 62 valence electrons. The highest BCUT2D eigenvalue weighted by Crippen LogP contribution is 2.24. The van der Waals surface area contributed by atoms with Gasteiger partial charge in [-0.3, -0.25) is 0 Å². The van der Waals surface area contributed by atoms with Gasteiger partial charge in [-0.25, -0.2) is 4.98 Å². The minimum absolute atomic E-state index is 0.124. The number of aromatic nitrogens is 1. The fourth-order valence-corrected chi connectivity index (χ4v) is 2.00. The molecule has 1 rings (SSSR count). The van der Waals surface area contributed by atoms with Crippen LogP contribution in [-0.2, 0) is 6.61 Å². The summed E-state index contributed by atoms with van der Waals surface area (Å²) in [5, 5.41) is 9.99. The second-order valence-electron chi connectivity index (χ2n) is 2.85. The Morgan fingerprint density at radius 1 is 1.55 bits per heavy atom. The minimum Gasteiger partial charge on any atom is -0.391 e. The van der Waals surface area contributed by atoms with Gasteiger partial charge in [-0.2, -0.15) is 0 Å². The second kappa shape index (κ2) is 3.32. The molecule has 0 bridgehead atoms. The van der Waals surface area contributed by atoms with E-state index in [1.165, 1.54) is 0 Å². The van der Waals surface area contributed by atoms with Crippen LogP contribution >= 0.6 is 11.3 Å². The van der Waals surface area contributed by atoms with Crippen LogP contribution in [-0.4, -0.2) is 10.1 Å². The molecule has 0 amide bonds. The lowest BCUT2D eigenvalue weighted by Gasteiger charge is -2.01. The Morgan fingerprint density at radius 3 is 2.55 bits per heavy atom. The highest BCUT2D eigenvalue weighted by molar-refractivity contribution is 7.11. The third-order valence-corrected chi connectivity index (χ3v) is 2.50. The molecule has 11 heavy (non-hydrogen) atoms. The zero-order valence-corrected chi connectivity index (χ0v) is 7.90. The topological polar surface area (TPSA) is 33.1 Å². The van der Waals surface area contributed by atoms with E-state index in [4.69, 9.17) is 5.11 Å². The third kappa shape index (κ3) is 1.79. The van der Waals surface area contributed by atoms with Gasteiger partial charge in [-0.15, -0.1) is 11.3 Å². The Hall–Kier alpha value is -0.410. The molecule has 0 aromatic carbocycles. The lowest BCUT2D eigenvalue weighted by molar-refractivity contribution is 0.283. The van der Waals surface area contributed by atoms with Crippen molar-refractivity contribution in [3.63, 3.8) is 0 Å². The van der Waals surface area contributed by atoms with E-state index in [0.717, 1.165) is 15.6 Å². The first-order valence-electron chi connectivity index (χ1n) is 3.72. The quantitative estimate of drug-likeness (QED) is 0.739. The van der Waals surface area contributed by atoms with Crippen LogP contribution in [0.3, 0.4) is 0 Å². The average Bonchev–Trinajstić information content (AvgIpc) is 2.30. The molecular weight excluding hydrogens is 158 g/mol. The Bertz CT molecular complexity index is 242. The number of aliphatic hydroxyl groups is 1. The summed E-state index contributed by atoms with van der Waals surface area (Å²) in [5.41, 5.74) is 1.05. The Balaban J connectivity index is 3.02. The first-order chi connectivity index (χ1) is 5.15. The number of nitrogens with zero attached hydrogens (tertiary/aromatic N) is 1. The van der Waals surface area contributed by atoms with E-state index in [1.807, 2.05) is 6.92 Å². The number of aliphatic hydroxyl groups excluding tert-OH is 1. The van der Waals surface area contributed by atoms with Gasteiger partial charge in [0.2, 0.25) is 0 Å². The molecule has 0 aliphatic rings. The van der Waals surface area contributed by atoms with Gasteiger partial charge in [0.25, 0.3) is 0 Å². The normalized spacial score (nSPS) is 11.0. The number of hydrogen-bond donors (Lipinski definition) is 1. The molecule has 0 spiro atoms. The van der Waals surface area contributed by atoms with Gasteiger partial charge >= 0.3 is 0 Å². The van der Waals surface area contributed by atoms with Crippen molar-refractivity contribution in [2.45, 2.75) is 33.3 Å². The molecule has 0 saturated heterocycles. The van der Waals surface area contributed by atoms with Gasteiger partial charge in [-0.05, 0) is 12.8 Å². The van der Waals surface area contributed by atoms with Crippen LogP contribution in [0.2, 0.25) is 0 Å². The van der Waals surface area contributed by atoms with Crippen molar-refractivity contribution in [3.8, 4) is 0 Å². The highest BCUT2D eigenvalue weighted by atomic mass is 32.1. The van der Waals surface area contributed by atoms with E-state index < -0.39 is 0 Å². The number of thiazole rings is 1. The van der Waals surface area contributed by atoms with E-state index in [0.29, 0.717) is 5.92 Å². The Morgan fingerprint density at radius 2 is 2.18 bits per heavy atom. The summed E-state index contributed by atoms with van der Waals surface area (Å²) < 4.78 is 0. The maximum absolute atomic E-state index is 8.95. The molecule has 0 aliphatic heterocycles. The summed E-state index contributed by atoms with van der Waals surface area (Å²) in [6.45, 7) is 6.27. The molecule has 1 heterocycles. The molecule has 0 atom stereocenters. The van der Waals surface area contributed by atoms with E-state index in [1.54, 1.807) is 11.3 Å². The molecule has 0 radical (unpaired) electrons. The van der Waals surface area contributed by atoms with Crippen LogP contribution in [0.4, 0.5) is 0 Å². The van der Waals surface area contributed by atoms with Gasteiger partial charge < -0.3 is 5.11 Å². The molecular formula is C8H13NOS. The van der Waals surface area contributed by atoms with Crippen LogP contribution < -0.4 is 0 Å². The van der Waals surface area contributed by atoms with E-state index in [2.05, 4.69) is 18.8 Å². The zero-order valence-electron chi connectivity index (χ0n) is 7.09. The van der Waals surface area contributed by atoms with Crippen molar-refractivity contribution in [2.75, 3.05) is 0 Å². The summed E-state index contributed by atoms with van der Waals surface area (Å²) in [6, 6.07) is 0. The molecule has 1 N–H and O–H groups in total. The highest BCUT2D eigenvalue weighted by Gasteiger charge is 2.10. The molecule has 0 fully saturated rings. The van der Waals surface area contributed by atoms with E-state index in [9.17, 15) is 0 Å². The van der Waals surface area contributed by atoms with Crippen LogP contribution in [0.15, 0.2) is 0 Å². The standard InChI is InChI=1S/C8H13NOS/c1-5(2)8-7(4-10)11-6(3)9-8/h5,10H,4H2,1-3H3. The Kier molecular flexibility index (Phi) is 2.62. The van der Waals surface area contributed by atoms with Gasteiger partial charge in [0, 0.05) is 0 Å². The molecule has 0 unspecified atom stereocenters. The van der Waals surface area contributed by atoms with Crippen LogP contribution in [0, 0.1) is 6.92 Å². The lowest BCUT2D eigenvalue weighted by atomic mass is 10.1. The van der Waals surface area contributed by atoms with Gasteiger partial charge in [0.15, 0.2) is 0 Å². The van der Waals surface area contributed by atoms with Crippen LogP contribution in [0.1, 0.15) is 35.3 Å². The third-order valence-electron chi connectivity index (χ3n) is 1.52. The summed E-state index contributed by atoms with van der Waals surface area (Å²) in [7, 11) is 0. The Labute approximate surface area is 70.9 Å². The largest absolute Gasteiger partial charge is 0.391 e. The monoisotopic (exact) mass is 171 g/mol. The van der Waals surface area contributed by atoms with E-state index in [-0.39, 0.29) is 6.61 Å². The maximum atomic E-state index is 8.95. The van der Waals surface area contributed by atoms with Crippen LogP contribution in [0.25, 0.3) is 0 Å². The van der Waals surface area contributed by atoms with Crippen molar-refractivity contribution in [2.24, 2.45) is 0 Å². The maximum Gasteiger partial charge on any atom is 0.0901 e. The van der Waals surface area contributed by atoms with Crippen molar-refractivity contribution < 1.29 is 5.11 Å². The number of aryl methyl sites for hydroxylation is 1. The zero-order chi connectivity index (χ0) is 8.43. The second-order valence-corrected chi connectivity index (χ2v) is 4.14. The molecule has 3 heteroatoms. The smallest absolute Gasteiger partial charge is 0.0901 e. The minimum atomic E-state index is 0.124. The fraction of sp³-hybridized carbons (Fsp3) is 0.625. The molecule has 0 aliphatic carbocycles. The predicted molar refractivity (Wildman–Crippen MR) is 46.9 cm³/mol. The first kappa shape index (κ1) is 8.68. The fourth-order valence-electron chi connectivity index (χ4n) is 1.05. The number of hydrogen-bond acceptors (Lipinski definition) is 3. The molecule has 1 aromatic rings. The molecule has 1 aromatic heterocycles. The lowest BCUT2D eigenvalue weighted by Crippen LogP contribution is -1.92. The molecule has 2 nitrogen and oxygen atoms in total. The van der Waals surface area contributed by atoms with E-state index >= 15 is 0 Å². The van der Waals surface area contributed by atoms with Crippen molar-refractivity contribution >= 4 is 11.3 Å². The predicted octanol–water partition coefficient (Wildman–Crippen LogP) is 2.07. The van der Waals surface area contributed by atoms with Gasteiger partial charge in [0.1, 0.15) is 0 Å². The van der Waals surface area contributed by atoms with Crippen molar-refractivity contribution in [1.82, 2.24) is 4.98 Å². The number of rotatable bonds is 2. The van der Waals surface area contributed by atoms with Crippen molar-refractivity contribution in [1.29, 1.82) is 0 Å². The molecule has 0 saturated carbocycles. The summed E-state index contributed by atoms with van der Waals surface area (Å²) in [6.07, 6.45) is 0. The van der Waals surface area contributed by atoms with Crippen molar-refractivity contribution in [3.05, 3.63) is 15.6 Å². The van der Waals surface area contributed by atoms with Crippen LogP contribution in [0.5, 0.6) is 0 Å². The van der Waals surface area contributed by atoms with Gasteiger partial charge in [0.05, 0.1) is 22.2 Å². The summed E-state index contributed by atoms with van der Waals surface area (Å²) in [5.74, 6) is 0.419. The average molecular weight is 171 g/mol. The van der Waals surface area contributed by atoms with Gasteiger partial charge in [-0.1, -0.05) is 13.8 Å². The SMILES string of the molecule is Cc1nc(C(C)C)c(CO)s1.